The Hall–Kier alpha value is -1.35. The predicted molar refractivity (Wildman–Crippen MR) is 66.4 cm³/mol. The molecule has 0 bridgehead atoms. The summed E-state index contributed by atoms with van der Waals surface area (Å²) in [4.78, 5) is 11.6. The fourth-order valence-corrected chi connectivity index (χ4v) is 2.09. The third-order valence-electron chi connectivity index (χ3n) is 3.46. The maximum atomic E-state index is 11.6. The number of aliphatic hydroxyl groups excluding tert-OH is 1. The minimum Gasteiger partial charge on any atom is -0.387 e. The van der Waals surface area contributed by atoms with Gasteiger partial charge in [-0.3, -0.25) is 4.79 Å². The monoisotopic (exact) mass is 233 g/mol. The highest BCUT2D eigenvalue weighted by molar-refractivity contribution is 5.81. The van der Waals surface area contributed by atoms with Crippen molar-refractivity contribution < 1.29 is 9.90 Å². The van der Waals surface area contributed by atoms with Crippen LogP contribution in [0.4, 0.5) is 0 Å². The first-order valence-corrected chi connectivity index (χ1v) is 6.11. The largest absolute Gasteiger partial charge is 0.387 e. The second-order valence-corrected chi connectivity index (χ2v) is 4.94. The molecule has 3 atom stereocenters. The Morgan fingerprint density at radius 3 is 2.76 bits per heavy atom. The lowest BCUT2D eigenvalue weighted by Crippen LogP contribution is -2.30. The molecule has 3 heteroatoms. The third kappa shape index (κ3) is 2.86. The summed E-state index contributed by atoms with van der Waals surface area (Å²) in [6.07, 6.45) is 0.362. The van der Waals surface area contributed by atoms with E-state index in [1.54, 1.807) is 0 Å². The molecule has 1 aromatic rings. The van der Waals surface area contributed by atoms with E-state index in [4.69, 9.17) is 0 Å². The molecule has 17 heavy (non-hydrogen) atoms. The van der Waals surface area contributed by atoms with Crippen LogP contribution in [0.3, 0.4) is 0 Å². The molecule has 0 aromatic heterocycles. The average Bonchev–Trinajstić information content (AvgIpc) is 3.03. The van der Waals surface area contributed by atoms with E-state index in [0.717, 1.165) is 17.5 Å². The molecule has 0 spiro atoms. The molecule has 1 amide bonds. The minimum atomic E-state index is -0.616. The van der Waals surface area contributed by atoms with E-state index in [-0.39, 0.29) is 11.8 Å². The van der Waals surface area contributed by atoms with Crippen molar-refractivity contribution >= 4 is 5.91 Å². The number of rotatable bonds is 4. The summed E-state index contributed by atoms with van der Waals surface area (Å²) in [5, 5.41) is 12.8. The van der Waals surface area contributed by atoms with Crippen LogP contribution in [-0.2, 0) is 4.79 Å². The van der Waals surface area contributed by atoms with Crippen LogP contribution >= 0.6 is 0 Å². The summed E-state index contributed by atoms with van der Waals surface area (Å²) >= 11 is 0. The fraction of sp³-hybridized carbons (Fsp3) is 0.500. The first-order valence-electron chi connectivity index (χ1n) is 6.11. The van der Waals surface area contributed by atoms with Crippen LogP contribution in [0.2, 0.25) is 0 Å². The third-order valence-corrected chi connectivity index (χ3v) is 3.46. The van der Waals surface area contributed by atoms with E-state index in [2.05, 4.69) is 12.2 Å². The van der Waals surface area contributed by atoms with Crippen LogP contribution < -0.4 is 5.32 Å². The normalized spacial score (nSPS) is 24.2. The van der Waals surface area contributed by atoms with Crippen molar-refractivity contribution in [2.45, 2.75) is 26.4 Å². The Labute approximate surface area is 102 Å². The van der Waals surface area contributed by atoms with Gasteiger partial charge in [-0.05, 0) is 30.4 Å². The second kappa shape index (κ2) is 4.88. The van der Waals surface area contributed by atoms with Gasteiger partial charge in [0.1, 0.15) is 0 Å². The summed E-state index contributed by atoms with van der Waals surface area (Å²) < 4.78 is 0. The number of aryl methyl sites for hydroxylation is 1. The van der Waals surface area contributed by atoms with Crippen molar-refractivity contribution in [1.82, 2.24) is 5.32 Å². The van der Waals surface area contributed by atoms with Crippen molar-refractivity contribution in [1.29, 1.82) is 0 Å². The van der Waals surface area contributed by atoms with Gasteiger partial charge in [-0.1, -0.05) is 31.2 Å². The lowest BCUT2D eigenvalue weighted by molar-refractivity contribution is -0.123. The van der Waals surface area contributed by atoms with E-state index in [0.29, 0.717) is 12.5 Å². The molecule has 1 aliphatic carbocycles. The van der Waals surface area contributed by atoms with Crippen LogP contribution in [0.5, 0.6) is 0 Å². The van der Waals surface area contributed by atoms with Gasteiger partial charge in [0.25, 0.3) is 0 Å². The first-order chi connectivity index (χ1) is 8.09. The zero-order valence-electron chi connectivity index (χ0n) is 10.3. The molecule has 2 rings (SSSR count). The molecule has 3 unspecified atom stereocenters. The van der Waals surface area contributed by atoms with Gasteiger partial charge >= 0.3 is 0 Å². The number of aliphatic hydroxyl groups is 1. The first kappa shape index (κ1) is 12.1. The molecule has 0 saturated heterocycles. The van der Waals surface area contributed by atoms with E-state index in [1.807, 2.05) is 31.2 Å². The van der Waals surface area contributed by atoms with E-state index in [9.17, 15) is 9.90 Å². The van der Waals surface area contributed by atoms with Crippen LogP contribution in [0.25, 0.3) is 0 Å². The minimum absolute atomic E-state index is 0.0742. The van der Waals surface area contributed by atoms with Gasteiger partial charge in [0.15, 0.2) is 0 Å². The van der Waals surface area contributed by atoms with Gasteiger partial charge in [0.05, 0.1) is 6.10 Å². The van der Waals surface area contributed by atoms with Crippen molar-refractivity contribution in [2.24, 2.45) is 11.8 Å². The van der Waals surface area contributed by atoms with Crippen LogP contribution in [0.1, 0.15) is 30.6 Å². The molecule has 2 N–H and O–H groups in total. The molecule has 0 aliphatic heterocycles. The smallest absolute Gasteiger partial charge is 0.223 e. The summed E-state index contributed by atoms with van der Waals surface area (Å²) in [7, 11) is 0. The number of benzene rings is 1. The van der Waals surface area contributed by atoms with Crippen LogP contribution in [0, 0.1) is 18.8 Å². The number of hydrogen-bond donors (Lipinski definition) is 2. The number of carbonyl (C=O) groups is 1. The Kier molecular flexibility index (Phi) is 3.48. The highest BCUT2D eigenvalue weighted by atomic mass is 16.3. The molecular formula is C14H19NO2. The zero-order valence-corrected chi connectivity index (χ0v) is 10.3. The summed E-state index contributed by atoms with van der Waals surface area (Å²) in [6, 6.07) is 7.70. The highest BCUT2D eigenvalue weighted by Gasteiger charge is 2.38. The Morgan fingerprint density at radius 2 is 2.18 bits per heavy atom. The van der Waals surface area contributed by atoms with Crippen molar-refractivity contribution in [3.05, 3.63) is 35.4 Å². The van der Waals surface area contributed by atoms with Gasteiger partial charge in [-0.2, -0.15) is 0 Å². The quantitative estimate of drug-likeness (QED) is 0.833. The lowest BCUT2D eigenvalue weighted by Gasteiger charge is -2.14. The van der Waals surface area contributed by atoms with E-state index >= 15 is 0 Å². The lowest BCUT2D eigenvalue weighted by atomic mass is 10.0. The number of carbonyl (C=O) groups excluding carboxylic acids is 1. The van der Waals surface area contributed by atoms with Gasteiger partial charge in [-0.25, -0.2) is 0 Å². The van der Waals surface area contributed by atoms with Crippen molar-refractivity contribution in [3.8, 4) is 0 Å². The Balaban J connectivity index is 1.87. The summed E-state index contributed by atoms with van der Waals surface area (Å²) in [5.74, 6) is 0.745. The number of amides is 1. The highest BCUT2D eigenvalue weighted by Crippen LogP contribution is 2.37. The Bertz CT molecular complexity index is 416. The van der Waals surface area contributed by atoms with Crippen LogP contribution in [-0.4, -0.2) is 17.6 Å². The van der Waals surface area contributed by atoms with Crippen LogP contribution in [0.15, 0.2) is 24.3 Å². The molecule has 0 heterocycles. The van der Waals surface area contributed by atoms with Crippen molar-refractivity contribution in [3.63, 3.8) is 0 Å². The standard InChI is InChI=1S/C14H19NO2/c1-9-5-3-4-6-11(9)13(16)8-15-14(17)12-7-10(12)2/h3-6,10,12-13,16H,7-8H2,1-2H3,(H,15,17). The molecule has 92 valence electrons. The second-order valence-electron chi connectivity index (χ2n) is 4.94. The van der Waals surface area contributed by atoms with Gasteiger partial charge in [-0.15, -0.1) is 0 Å². The molecule has 3 nitrogen and oxygen atoms in total. The predicted octanol–water partition coefficient (Wildman–Crippen LogP) is 1.80. The van der Waals surface area contributed by atoms with Crippen molar-refractivity contribution in [2.75, 3.05) is 6.54 Å². The SMILES string of the molecule is Cc1ccccc1C(O)CNC(=O)C1CC1C. The maximum absolute atomic E-state index is 11.6. The molecular weight excluding hydrogens is 214 g/mol. The molecule has 1 aliphatic rings. The summed E-state index contributed by atoms with van der Waals surface area (Å²) in [5.41, 5.74) is 1.94. The fourth-order valence-electron chi connectivity index (χ4n) is 2.09. The number of nitrogens with one attached hydrogen (secondary N) is 1. The number of hydrogen-bond acceptors (Lipinski definition) is 2. The van der Waals surface area contributed by atoms with Gasteiger partial charge in [0, 0.05) is 12.5 Å². The maximum Gasteiger partial charge on any atom is 0.223 e. The van der Waals surface area contributed by atoms with E-state index < -0.39 is 6.10 Å². The summed E-state index contributed by atoms with van der Waals surface area (Å²) in [6.45, 7) is 4.33. The Morgan fingerprint density at radius 1 is 1.53 bits per heavy atom. The van der Waals surface area contributed by atoms with Gasteiger partial charge in [0.2, 0.25) is 5.91 Å². The molecule has 1 aromatic carbocycles. The average molecular weight is 233 g/mol. The zero-order chi connectivity index (χ0) is 12.4. The molecule has 0 radical (unpaired) electrons. The topological polar surface area (TPSA) is 49.3 Å². The molecule has 1 saturated carbocycles. The molecule has 1 fully saturated rings. The van der Waals surface area contributed by atoms with Gasteiger partial charge < -0.3 is 10.4 Å². The van der Waals surface area contributed by atoms with E-state index in [1.165, 1.54) is 0 Å².